The highest BCUT2D eigenvalue weighted by Gasteiger charge is 2.16. The summed E-state index contributed by atoms with van der Waals surface area (Å²) in [5.41, 5.74) is 7.50. The van der Waals surface area contributed by atoms with Gasteiger partial charge in [-0.25, -0.2) is 4.79 Å². The highest BCUT2D eigenvalue weighted by molar-refractivity contribution is 5.74. The molecule has 0 atom stereocenters. The summed E-state index contributed by atoms with van der Waals surface area (Å²) in [6.45, 7) is 7.50. The Bertz CT molecular complexity index is 387. The van der Waals surface area contributed by atoms with Crippen LogP contribution in [0.2, 0.25) is 0 Å². The molecule has 0 radical (unpaired) electrons. The maximum atomic E-state index is 12.1. The Hall–Kier alpha value is -1.71. The molecule has 0 saturated carbocycles. The fourth-order valence-electron chi connectivity index (χ4n) is 1.78. The predicted octanol–water partition coefficient (Wildman–Crippen LogP) is 2.99. The Morgan fingerprint density at radius 1 is 1.32 bits per heavy atom. The van der Waals surface area contributed by atoms with E-state index < -0.39 is 0 Å². The lowest BCUT2D eigenvalue weighted by atomic mass is 10.2. The Morgan fingerprint density at radius 3 is 2.47 bits per heavy atom. The number of nitrogens with zero attached hydrogens (tertiary/aromatic N) is 1. The summed E-state index contributed by atoms with van der Waals surface area (Å²) in [6.07, 6.45) is 2.10. The van der Waals surface area contributed by atoms with Crippen LogP contribution in [0.25, 0.3) is 0 Å². The first-order chi connectivity index (χ1) is 9.04. The third-order valence-electron chi connectivity index (χ3n) is 3.02. The van der Waals surface area contributed by atoms with Crippen LogP contribution in [0.15, 0.2) is 24.3 Å². The van der Waals surface area contributed by atoms with E-state index in [1.165, 1.54) is 0 Å². The Kier molecular flexibility index (Phi) is 6.19. The molecule has 1 aromatic carbocycles. The largest absolute Gasteiger partial charge is 0.399 e. The molecule has 0 aliphatic rings. The summed E-state index contributed by atoms with van der Waals surface area (Å²) in [5, 5.41) is 2.96. The second kappa shape index (κ2) is 7.67. The average molecular weight is 263 g/mol. The molecule has 0 heterocycles. The van der Waals surface area contributed by atoms with Gasteiger partial charge in [-0.2, -0.15) is 0 Å². The van der Waals surface area contributed by atoms with Gasteiger partial charge in [0.05, 0.1) is 0 Å². The standard InChI is InChI=1S/C15H25N3O/c1-4-5-10-17-15(19)18(12(2)3)11-13-6-8-14(16)9-7-13/h6-9,12H,4-5,10-11,16H2,1-3H3,(H,17,19). The molecular weight excluding hydrogens is 238 g/mol. The Balaban J connectivity index is 2.62. The van der Waals surface area contributed by atoms with E-state index in [4.69, 9.17) is 5.73 Å². The van der Waals surface area contributed by atoms with Crippen LogP contribution < -0.4 is 11.1 Å². The molecule has 0 saturated heterocycles. The van der Waals surface area contributed by atoms with E-state index in [-0.39, 0.29) is 12.1 Å². The van der Waals surface area contributed by atoms with Crippen molar-refractivity contribution in [1.82, 2.24) is 10.2 Å². The molecule has 4 nitrogen and oxygen atoms in total. The van der Waals surface area contributed by atoms with Crippen LogP contribution in [-0.2, 0) is 6.54 Å². The van der Waals surface area contributed by atoms with Crippen LogP contribution in [-0.4, -0.2) is 23.5 Å². The van der Waals surface area contributed by atoms with Gasteiger partial charge in [-0.15, -0.1) is 0 Å². The molecule has 4 heteroatoms. The highest BCUT2D eigenvalue weighted by atomic mass is 16.2. The number of unbranched alkanes of at least 4 members (excludes halogenated alkanes) is 1. The number of rotatable bonds is 6. The van der Waals surface area contributed by atoms with Gasteiger partial charge in [-0.05, 0) is 38.0 Å². The van der Waals surface area contributed by atoms with E-state index in [0.29, 0.717) is 6.54 Å². The third-order valence-corrected chi connectivity index (χ3v) is 3.02. The molecule has 0 unspecified atom stereocenters. The van der Waals surface area contributed by atoms with Crippen molar-refractivity contribution >= 4 is 11.7 Å². The van der Waals surface area contributed by atoms with Gasteiger partial charge in [-0.3, -0.25) is 0 Å². The molecule has 1 rings (SSSR count). The van der Waals surface area contributed by atoms with Crippen molar-refractivity contribution < 1.29 is 4.79 Å². The molecule has 0 aliphatic heterocycles. The van der Waals surface area contributed by atoms with Crippen LogP contribution in [0, 0.1) is 0 Å². The van der Waals surface area contributed by atoms with Gasteiger partial charge in [-0.1, -0.05) is 25.5 Å². The Labute approximate surface area is 116 Å². The summed E-state index contributed by atoms with van der Waals surface area (Å²) in [5.74, 6) is 0. The molecule has 0 aromatic heterocycles. The zero-order valence-corrected chi connectivity index (χ0v) is 12.1. The molecular formula is C15H25N3O. The lowest BCUT2D eigenvalue weighted by molar-refractivity contribution is 0.179. The van der Waals surface area contributed by atoms with Gasteiger partial charge >= 0.3 is 6.03 Å². The van der Waals surface area contributed by atoms with Gasteiger partial charge in [0.25, 0.3) is 0 Å². The number of hydrogen-bond acceptors (Lipinski definition) is 2. The second-order valence-corrected chi connectivity index (χ2v) is 5.05. The maximum Gasteiger partial charge on any atom is 0.317 e. The molecule has 0 fully saturated rings. The third kappa shape index (κ3) is 5.20. The van der Waals surface area contributed by atoms with Crippen molar-refractivity contribution in [3.05, 3.63) is 29.8 Å². The zero-order valence-electron chi connectivity index (χ0n) is 12.1. The summed E-state index contributed by atoms with van der Waals surface area (Å²) < 4.78 is 0. The zero-order chi connectivity index (χ0) is 14.3. The molecule has 3 N–H and O–H groups in total. The summed E-state index contributed by atoms with van der Waals surface area (Å²) >= 11 is 0. The lowest BCUT2D eigenvalue weighted by Gasteiger charge is -2.27. The minimum absolute atomic E-state index is 0.000255. The topological polar surface area (TPSA) is 58.4 Å². The monoisotopic (exact) mass is 263 g/mol. The van der Waals surface area contributed by atoms with Crippen molar-refractivity contribution in [2.75, 3.05) is 12.3 Å². The maximum absolute atomic E-state index is 12.1. The van der Waals surface area contributed by atoms with Gasteiger partial charge < -0.3 is 16.0 Å². The summed E-state index contributed by atoms with van der Waals surface area (Å²) in [6, 6.07) is 7.82. The molecule has 2 amide bonds. The first-order valence-corrected chi connectivity index (χ1v) is 6.93. The van der Waals surface area contributed by atoms with Crippen molar-refractivity contribution in [3.63, 3.8) is 0 Å². The summed E-state index contributed by atoms with van der Waals surface area (Å²) in [7, 11) is 0. The number of urea groups is 1. The molecule has 0 spiro atoms. The van der Waals surface area contributed by atoms with Gasteiger partial charge in [0.1, 0.15) is 0 Å². The second-order valence-electron chi connectivity index (χ2n) is 5.05. The molecule has 106 valence electrons. The first kappa shape index (κ1) is 15.3. The average Bonchev–Trinajstić information content (AvgIpc) is 2.37. The molecule has 0 bridgehead atoms. The number of benzene rings is 1. The molecule has 1 aromatic rings. The van der Waals surface area contributed by atoms with E-state index in [2.05, 4.69) is 12.2 Å². The Morgan fingerprint density at radius 2 is 1.95 bits per heavy atom. The summed E-state index contributed by atoms with van der Waals surface area (Å²) in [4.78, 5) is 14.0. The van der Waals surface area contributed by atoms with Crippen molar-refractivity contribution in [3.8, 4) is 0 Å². The quantitative estimate of drug-likeness (QED) is 0.612. The fraction of sp³-hybridized carbons (Fsp3) is 0.533. The number of nitrogens with two attached hydrogens (primary N) is 1. The number of hydrogen-bond donors (Lipinski definition) is 2. The predicted molar refractivity (Wildman–Crippen MR) is 79.8 cm³/mol. The number of nitrogen functional groups attached to an aromatic ring is 1. The minimum Gasteiger partial charge on any atom is -0.399 e. The first-order valence-electron chi connectivity index (χ1n) is 6.93. The van der Waals surface area contributed by atoms with Crippen molar-refractivity contribution in [2.24, 2.45) is 0 Å². The van der Waals surface area contributed by atoms with Crippen LogP contribution in [0.5, 0.6) is 0 Å². The van der Waals surface area contributed by atoms with Gasteiger partial charge in [0.2, 0.25) is 0 Å². The number of nitrogens with one attached hydrogen (secondary N) is 1. The number of anilines is 1. The van der Waals surface area contributed by atoms with Crippen LogP contribution in [0.3, 0.4) is 0 Å². The SMILES string of the molecule is CCCCNC(=O)N(Cc1ccc(N)cc1)C(C)C. The van der Waals surface area contributed by atoms with Crippen LogP contribution >= 0.6 is 0 Å². The van der Waals surface area contributed by atoms with Gasteiger partial charge in [0, 0.05) is 24.8 Å². The van der Waals surface area contributed by atoms with Crippen LogP contribution in [0.1, 0.15) is 39.2 Å². The number of carbonyl (C=O) groups is 1. The smallest absolute Gasteiger partial charge is 0.317 e. The molecule has 0 aliphatic carbocycles. The van der Waals surface area contributed by atoms with E-state index in [1.807, 2.05) is 43.0 Å². The minimum atomic E-state index is 0.000255. The van der Waals surface area contributed by atoms with E-state index in [9.17, 15) is 4.79 Å². The van der Waals surface area contributed by atoms with Crippen LogP contribution in [0.4, 0.5) is 10.5 Å². The normalized spacial score (nSPS) is 10.5. The van der Waals surface area contributed by atoms with Crippen molar-refractivity contribution in [1.29, 1.82) is 0 Å². The molecule has 19 heavy (non-hydrogen) atoms. The van der Waals surface area contributed by atoms with E-state index in [1.54, 1.807) is 0 Å². The van der Waals surface area contributed by atoms with Crippen molar-refractivity contribution in [2.45, 2.75) is 46.2 Å². The van der Waals surface area contributed by atoms with Gasteiger partial charge in [0.15, 0.2) is 0 Å². The fourth-order valence-corrected chi connectivity index (χ4v) is 1.78. The number of amides is 2. The lowest BCUT2D eigenvalue weighted by Crippen LogP contribution is -2.43. The van der Waals surface area contributed by atoms with E-state index >= 15 is 0 Å². The van der Waals surface area contributed by atoms with E-state index in [0.717, 1.165) is 30.6 Å². The number of carbonyl (C=O) groups excluding carboxylic acids is 1. The highest BCUT2D eigenvalue weighted by Crippen LogP contribution is 2.11.